The van der Waals surface area contributed by atoms with E-state index < -0.39 is 6.04 Å². The van der Waals surface area contributed by atoms with E-state index in [0.717, 1.165) is 45.0 Å². The molecule has 1 amide bonds. The molecule has 12 heteroatoms. The Morgan fingerprint density at radius 2 is 1.87 bits per heavy atom. The van der Waals surface area contributed by atoms with E-state index in [9.17, 15) is 9.59 Å². The third-order valence-electron chi connectivity index (χ3n) is 8.19. The Hall–Kier alpha value is -5.64. The molecule has 4 aromatic heterocycles. The number of hydrogen-bond donors (Lipinski definition) is 1. The molecule has 1 N–H and O–H groups in total. The van der Waals surface area contributed by atoms with Gasteiger partial charge in [0.05, 0.1) is 59.8 Å². The van der Waals surface area contributed by atoms with Gasteiger partial charge in [0.25, 0.3) is 11.5 Å². The summed E-state index contributed by atoms with van der Waals surface area (Å²) in [4.78, 5) is 39.6. The van der Waals surface area contributed by atoms with Crippen LogP contribution in [0.2, 0.25) is 0 Å². The van der Waals surface area contributed by atoms with Gasteiger partial charge in [-0.3, -0.25) is 23.7 Å². The van der Waals surface area contributed by atoms with E-state index in [1.807, 2.05) is 53.3 Å². The molecule has 0 spiro atoms. The molecule has 1 aliphatic rings. The van der Waals surface area contributed by atoms with Crippen LogP contribution in [0, 0.1) is 18.8 Å². The van der Waals surface area contributed by atoms with E-state index >= 15 is 0 Å². The van der Waals surface area contributed by atoms with Gasteiger partial charge < -0.3 is 10.1 Å². The van der Waals surface area contributed by atoms with Crippen LogP contribution in [0.3, 0.4) is 0 Å². The molecule has 1 fully saturated rings. The predicted octanol–water partition coefficient (Wildman–Crippen LogP) is 3.16. The Balaban J connectivity index is 1.22. The molecule has 7 rings (SSSR count). The van der Waals surface area contributed by atoms with Gasteiger partial charge in [-0.1, -0.05) is 36.1 Å². The van der Waals surface area contributed by atoms with Crippen molar-refractivity contribution in [2.24, 2.45) is 0 Å². The fraction of sp³-hybridized carbons (Fsp3) is 0.257. The largest absolute Gasteiger partial charge is 0.379 e. The summed E-state index contributed by atoms with van der Waals surface area (Å²) < 4.78 is 10.4. The first-order valence-electron chi connectivity index (χ1n) is 15.5. The number of fused-ring (bicyclic) bond motifs is 2. The van der Waals surface area contributed by atoms with E-state index in [4.69, 9.17) is 9.72 Å². The number of nitrogens with zero attached hydrogens (tertiary/aromatic N) is 8. The zero-order chi connectivity index (χ0) is 32.3. The molecular formula is C35H33N9O3. The van der Waals surface area contributed by atoms with Crippen LogP contribution in [0.25, 0.3) is 22.2 Å². The number of rotatable bonds is 7. The molecule has 1 aliphatic heterocycles. The molecule has 236 valence electrons. The van der Waals surface area contributed by atoms with Crippen LogP contribution < -0.4 is 10.9 Å². The summed E-state index contributed by atoms with van der Waals surface area (Å²) >= 11 is 0. The lowest BCUT2D eigenvalue weighted by Gasteiger charge is -2.26. The van der Waals surface area contributed by atoms with Crippen molar-refractivity contribution in [1.29, 1.82) is 0 Å². The van der Waals surface area contributed by atoms with E-state index in [-0.39, 0.29) is 11.5 Å². The number of morpholine rings is 1. The van der Waals surface area contributed by atoms with E-state index in [0.29, 0.717) is 44.9 Å². The summed E-state index contributed by atoms with van der Waals surface area (Å²) in [7, 11) is 0. The number of aryl methyl sites for hydroxylation is 1. The topological polar surface area (TPSA) is 124 Å². The summed E-state index contributed by atoms with van der Waals surface area (Å²) in [5.41, 5.74) is 3.51. The highest BCUT2D eigenvalue weighted by Crippen LogP contribution is 2.21. The highest BCUT2D eigenvalue weighted by atomic mass is 16.5. The highest BCUT2D eigenvalue weighted by Gasteiger charge is 2.24. The Bertz CT molecular complexity index is 2200. The summed E-state index contributed by atoms with van der Waals surface area (Å²) in [6, 6.07) is 15.8. The summed E-state index contributed by atoms with van der Waals surface area (Å²) in [6.45, 7) is 8.59. The molecule has 2 aromatic carbocycles. The molecule has 0 aliphatic carbocycles. The van der Waals surface area contributed by atoms with Crippen molar-refractivity contribution in [3.05, 3.63) is 118 Å². The SMILES string of the molecule is Cc1nn2cccnc2c1C(=O)NC(C)c1nc2cccc(C#Cc3cnn(CCN4CCOCC4)c3)c2c(=O)n1-c1ccccc1. The quantitative estimate of drug-likeness (QED) is 0.268. The maximum atomic E-state index is 14.4. The zero-order valence-electron chi connectivity index (χ0n) is 26.1. The van der Waals surface area contributed by atoms with Gasteiger partial charge in [0.15, 0.2) is 5.65 Å². The number of amides is 1. The van der Waals surface area contributed by atoms with Crippen LogP contribution in [0.15, 0.2) is 84.2 Å². The first kappa shape index (κ1) is 30.0. The lowest BCUT2D eigenvalue weighted by atomic mass is 10.1. The van der Waals surface area contributed by atoms with Crippen LogP contribution in [-0.4, -0.2) is 77.6 Å². The molecule has 1 unspecified atom stereocenters. The molecule has 6 aromatic rings. The minimum Gasteiger partial charge on any atom is -0.379 e. The number of nitrogens with one attached hydrogen (secondary N) is 1. The normalized spacial score (nSPS) is 14.2. The Morgan fingerprint density at radius 3 is 2.70 bits per heavy atom. The summed E-state index contributed by atoms with van der Waals surface area (Å²) in [5.74, 6) is 6.41. The van der Waals surface area contributed by atoms with Crippen LogP contribution in [-0.2, 0) is 11.3 Å². The molecule has 0 bridgehead atoms. The minimum absolute atomic E-state index is 0.280. The van der Waals surface area contributed by atoms with Crippen molar-refractivity contribution < 1.29 is 9.53 Å². The van der Waals surface area contributed by atoms with Crippen LogP contribution >= 0.6 is 0 Å². The first-order chi connectivity index (χ1) is 23.0. The standard InChI is InChI=1S/C35H33N9O3/c1-24-30(33-36-14-7-15-43(33)40-24)34(45)38-25(2)32-39-29-11-6-8-27(31(29)35(46)44(32)28-9-4-3-5-10-28)13-12-26-22-37-42(23-26)17-16-41-18-20-47-21-19-41/h3-11,14-15,22-23,25H,16-21H2,1-2H3,(H,38,45). The number of benzene rings is 2. The fourth-order valence-electron chi connectivity index (χ4n) is 5.82. The molecular weight excluding hydrogens is 594 g/mol. The van der Waals surface area contributed by atoms with Gasteiger partial charge >= 0.3 is 0 Å². The maximum absolute atomic E-state index is 14.4. The average molecular weight is 628 g/mol. The fourth-order valence-corrected chi connectivity index (χ4v) is 5.82. The molecule has 5 heterocycles. The molecule has 47 heavy (non-hydrogen) atoms. The first-order valence-corrected chi connectivity index (χ1v) is 15.5. The predicted molar refractivity (Wildman–Crippen MR) is 176 cm³/mol. The Morgan fingerprint density at radius 1 is 1.04 bits per heavy atom. The second kappa shape index (κ2) is 13.0. The van der Waals surface area contributed by atoms with Gasteiger partial charge in [0.2, 0.25) is 0 Å². The number of ether oxygens (including phenoxy) is 1. The lowest BCUT2D eigenvalue weighted by molar-refractivity contribution is 0.0359. The third kappa shape index (κ3) is 6.14. The number of aromatic nitrogens is 7. The second-order valence-electron chi connectivity index (χ2n) is 11.4. The van der Waals surface area contributed by atoms with E-state index in [1.54, 1.807) is 53.7 Å². The summed E-state index contributed by atoms with van der Waals surface area (Å²) in [6.07, 6.45) is 7.02. The number of carbonyl (C=O) groups is 1. The molecule has 0 radical (unpaired) electrons. The van der Waals surface area contributed by atoms with Crippen molar-refractivity contribution >= 4 is 22.5 Å². The lowest BCUT2D eigenvalue weighted by Crippen LogP contribution is -2.38. The average Bonchev–Trinajstić information content (AvgIpc) is 3.70. The van der Waals surface area contributed by atoms with Crippen molar-refractivity contribution in [2.75, 3.05) is 32.8 Å². The van der Waals surface area contributed by atoms with E-state index in [1.165, 1.54) is 0 Å². The van der Waals surface area contributed by atoms with Crippen molar-refractivity contribution in [1.82, 2.24) is 44.1 Å². The van der Waals surface area contributed by atoms with Crippen LogP contribution in [0.5, 0.6) is 0 Å². The van der Waals surface area contributed by atoms with Gasteiger partial charge in [-0.25, -0.2) is 14.5 Å². The number of para-hydroxylation sites is 1. The second-order valence-corrected chi connectivity index (χ2v) is 11.4. The van der Waals surface area contributed by atoms with Gasteiger partial charge in [-0.2, -0.15) is 10.2 Å². The molecule has 12 nitrogen and oxygen atoms in total. The Kier molecular flexibility index (Phi) is 8.31. The molecule has 1 atom stereocenters. The zero-order valence-corrected chi connectivity index (χ0v) is 26.1. The minimum atomic E-state index is -0.643. The monoisotopic (exact) mass is 627 g/mol. The van der Waals surface area contributed by atoms with Gasteiger partial charge in [-0.05, 0) is 44.2 Å². The van der Waals surface area contributed by atoms with Crippen LogP contribution in [0.1, 0.15) is 46.0 Å². The van der Waals surface area contributed by atoms with Crippen molar-refractivity contribution in [3.8, 4) is 17.5 Å². The molecule has 0 saturated carbocycles. The van der Waals surface area contributed by atoms with Gasteiger partial charge in [0.1, 0.15) is 11.4 Å². The van der Waals surface area contributed by atoms with Gasteiger partial charge in [-0.15, -0.1) is 0 Å². The third-order valence-corrected chi connectivity index (χ3v) is 8.19. The number of hydrogen-bond acceptors (Lipinski definition) is 8. The highest BCUT2D eigenvalue weighted by molar-refractivity contribution is 6.01. The van der Waals surface area contributed by atoms with Crippen molar-refractivity contribution in [2.45, 2.75) is 26.4 Å². The number of carbonyl (C=O) groups excluding carboxylic acids is 1. The summed E-state index contributed by atoms with van der Waals surface area (Å²) in [5, 5.41) is 12.3. The van der Waals surface area contributed by atoms with Gasteiger partial charge in [0, 0.05) is 43.8 Å². The van der Waals surface area contributed by atoms with E-state index in [2.05, 4.69) is 37.2 Å². The maximum Gasteiger partial charge on any atom is 0.267 e. The van der Waals surface area contributed by atoms with Crippen molar-refractivity contribution in [3.63, 3.8) is 0 Å². The Labute approximate surface area is 270 Å². The molecule has 1 saturated heterocycles. The smallest absolute Gasteiger partial charge is 0.267 e. The van der Waals surface area contributed by atoms with Crippen LogP contribution in [0.4, 0.5) is 0 Å².